The van der Waals surface area contributed by atoms with Crippen LogP contribution in [0.2, 0.25) is 5.02 Å². The molecule has 0 saturated heterocycles. The van der Waals surface area contributed by atoms with E-state index in [1.54, 1.807) is 7.11 Å². The van der Waals surface area contributed by atoms with E-state index in [1.165, 1.54) is 6.33 Å². The van der Waals surface area contributed by atoms with Crippen molar-refractivity contribution in [3.8, 4) is 0 Å². The van der Waals surface area contributed by atoms with Gasteiger partial charge in [0, 0.05) is 18.4 Å². The second-order valence-electron chi connectivity index (χ2n) is 3.61. The number of halogens is 1. The van der Waals surface area contributed by atoms with Gasteiger partial charge in [-0.3, -0.25) is 4.79 Å². The standard InChI is InChI=1S/C12H12ClN3O2/c1-18-6-8-4-2-3-5-9(8)16-11-10(13)12(17)15-7-14-11/h2-5,7H,6H2,1H3,(H2,14,15,16,17). The second-order valence-corrected chi connectivity index (χ2v) is 3.99. The fourth-order valence-corrected chi connectivity index (χ4v) is 1.67. The fraction of sp³-hybridized carbons (Fsp3) is 0.167. The molecule has 0 aliphatic heterocycles. The molecule has 0 aliphatic rings. The van der Waals surface area contributed by atoms with Crippen LogP contribution in [0.15, 0.2) is 35.4 Å². The Morgan fingerprint density at radius 3 is 3.00 bits per heavy atom. The van der Waals surface area contributed by atoms with Gasteiger partial charge in [0.05, 0.1) is 12.9 Å². The number of aromatic nitrogens is 2. The molecular formula is C12H12ClN3O2. The lowest BCUT2D eigenvalue weighted by Crippen LogP contribution is -2.10. The first-order valence-electron chi connectivity index (χ1n) is 5.29. The van der Waals surface area contributed by atoms with Crippen molar-refractivity contribution in [3.63, 3.8) is 0 Å². The topological polar surface area (TPSA) is 67.0 Å². The van der Waals surface area contributed by atoms with Crippen molar-refractivity contribution in [3.05, 3.63) is 51.5 Å². The van der Waals surface area contributed by atoms with E-state index < -0.39 is 0 Å². The largest absolute Gasteiger partial charge is 0.380 e. The highest BCUT2D eigenvalue weighted by Crippen LogP contribution is 2.22. The van der Waals surface area contributed by atoms with E-state index in [2.05, 4.69) is 15.3 Å². The number of aromatic amines is 1. The molecule has 0 saturated carbocycles. The van der Waals surface area contributed by atoms with Crippen LogP contribution in [0.4, 0.5) is 11.5 Å². The van der Waals surface area contributed by atoms with Gasteiger partial charge in [-0.25, -0.2) is 4.98 Å². The SMILES string of the molecule is COCc1ccccc1Nc1nc[nH]c(=O)c1Cl. The van der Waals surface area contributed by atoms with Gasteiger partial charge in [-0.2, -0.15) is 0 Å². The Hall–Kier alpha value is -1.85. The predicted molar refractivity (Wildman–Crippen MR) is 70.3 cm³/mol. The molecule has 5 nitrogen and oxygen atoms in total. The zero-order valence-electron chi connectivity index (χ0n) is 9.74. The normalized spacial score (nSPS) is 10.3. The lowest BCUT2D eigenvalue weighted by Gasteiger charge is -2.11. The number of anilines is 2. The maximum absolute atomic E-state index is 11.3. The van der Waals surface area contributed by atoms with Gasteiger partial charge in [0.25, 0.3) is 5.56 Å². The minimum atomic E-state index is -0.376. The minimum absolute atomic E-state index is 0.0321. The molecule has 6 heteroatoms. The van der Waals surface area contributed by atoms with Gasteiger partial charge in [0.15, 0.2) is 5.82 Å². The first-order valence-corrected chi connectivity index (χ1v) is 5.67. The molecule has 0 radical (unpaired) electrons. The smallest absolute Gasteiger partial charge is 0.271 e. The zero-order valence-corrected chi connectivity index (χ0v) is 10.5. The van der Waals surface area contributed by atoms with E-state index in [9.17, 15) is 4.79 Å². The van der Waals surface area contributed by atoms with Crippen molar-refractivity contribution in [2.75, 3.05) is 12.4 Å². The summed E-state index contributed by atoms with van der Waals surface area (Å²) >= 11 is 5.87. The van der Waals surface area contributed by atoms with Crippen molar-refractivity contribution in [1.82, 2.24) is 9.97 Å². The molecule has 0 spiro atoms. The number of rotatable bonds is 4. The summed E-state index contributed by atoms with van der Waals surface area (Å²) in [5, 5.41) is 3.06. The summed E-state index contributed by atoms with van der Waals surface area (Å²) in [5.74, 6) is 0.323. The number of para-hydroxylation sites is 1. The summed E-state index contributed by atoms with van der Waals surface area (Å²) in [6, 6.07) is 7.58. The molecule has 2 N–H and O–H groups in total. The summed E-state index contributed by atoms with van der Waals surface area (Å²) < 4.78 is 5.10. The lowest BCUT2D eigenvalue weighted by molar-refractivity contribution is 0.185. The Kier molecular flexibility index (Phi) is 3.96. The number of nitrogens with one attached hydrogen (secondary N) is 2. The molecule has 0 aliphatic carbocycles. The molecule has 0 fully saturated rings. The van der Waals surface area contributed by atoms with Crippen LogP contribution >= 0.6 is 11.6 Å². The van der Waals surface area contributed by atoms with E-state index in [1.807, 2.05) is 24.3 Å². The van der Waals surface area contributed by atoms with Gasteiger partial charge in [-0.1, -0.05) is 29.8 Å². The number of hydrogen-bond acceptors (Lipinski definition) is 4. The van der Waals surface area contributed by atoms with Crippen LogP contribution in [0, 0.1) is 0 Å². The third kappa shape index (κ3) is 2.69. The Bertz CT molecular complexity index is 598. The number of ether oxygens (including phenoxy) is 1. The van der Waals surface area contributed by atoms with Gasteiger partial charge in [0.1, 0.15) is 5.02 Å². The first kappa shape index (κ1) is 12.6. The maximum Gasteiger partial charge on any atom is 0.271 e. The molecule has 0 atom stereocenters. The Labute approximate surface area is 109 Å². The third-order valence-electron chi connectivity index (χ3n) is 2.37. The molecular weight excluding hydrogens is 254 g/mol. The average molecular weight is 266 g/mol. The summed E-state index contributed by atoms with van der Waals surface area (Å²) in [6.07, 6.45) is 1.30. The predicted octanol–water partition coefficient (Wildman–Crippen LogP) is 2.31. The van der Waals surface area contributed by atoms with Gasteiger partial charge in [-0.15, -0.1) is 0 Å². The maximum atomic E-state index is 11.3. The summed E-state index contributed by atoms with van der Waals surface area (Å²) in [4.78, 5) is 17.7. The first-order chi connectivity index (χ1) is 8.72. The minimum Gasteiger partial charge on any atom is -0.380 e. The van der Waals surface area contributed by atoms with Crippen molar-refractivity contribution < 1.29 is 4.74 Å². The molecule has 1 heterocycles. The van der Waals surface area contributed by atoms with E-state index in [0.29, 0.717) is 12.4 Å². The average Bonchev–Trinajstić information content (AvgIpc) is 2.37. The monoisotopic (exact) mass is 265 g/mol. The summed E-state index contributed by atoms with van der Waals surface area (Å²) in [7, 11) is 1.62. The van der Waals surface area contributed by atoms with E-state index in [0.717, 1.165) is 11.3 Å². The van der Waals surface area contributed by atoms with Gasteiger partial charge in [0.2, 0.25) is 0 Å². The highest BCUT2D eigenvalue weighted by Gasteiger charge is 2.08. The van der Waals surface area contributed by atoms with E-state index in [-0.39, 0.29) is 10.6 Å². The Morgan fingerprint density at radius 2 is 2.22 bits per heavy atom. The van der Waals surface area contributed by atoms with Crippen LogP contribution in [0.3, 0.4) is 0 Å². The van der Waals surface area contributed by atoms with Crippen LogP contribution < -0.4 is 10.9 Å². The van der Waals surface area contributed by atoms with Crippen molar-refractivity contribution in [1.29, 1.82) is 0 Å². The zero-order chi connectivity index (χ0) is 13.0. The number of H-pyrrole nitrogens is 1. The van der Waals surface area contributed by atoms with Gasteiger partial charge >= 0.3 is 0 Å². The number of nitrogens with zero attached hydrogens (tertiary/aromatic N) is 1. The molecule has 0 unspecified atom stereocenters. The quantitative estimate of drug-likeness (QED) is 0.890. The van der Waals surface area contributed by atoms with Crippen LogP contribution in [0.25, 0.3) is 0 Å². The van der Waals surface area contributed by atoms with E-state index in [4.69, 9.17) is 16.3 Å². The molecule has 18 heavy (non-hydrogen) atoms. The number of methoxy groups -OCH3 is 1. The fourth-order valence-electron chi connectivity index (χ4n) is 1.52. The molecule has 2 rings (SSSR count). The van der Waals surface area contributed by atoms with Crippen LogP contribution in [0.5, 0.6) is 0 Å². The highest BCUT2D eigenvalue weighted by molar-refractivity contribution is 6.32. The Balaban J connectivity index is 2.34. The second kappa shape index (κ2) is 5.66. The van der Waals surface area contributed by atoms with Crippen molar-refractivity contribution >= 4 is 23.1 Å². The number of benzene rings is 1. The van der Waals surface area contributed by atoms with Crippen LogP contribution in [0.1, 0.15) is 5.56 Å². The molecule has 0 bridgehead atoms. The molecule has 1 aromatic carbocycles. The van der Waals surface area contributed by atoms with Crippen molar-refractivity contribution in [2.24, 2.45) is 0 Å². The Morgan fingerprint density at radius 1 is 1.44 bits per heavy atom. The summed E-state index contributed by atoms with van der Waals surface area (Å²) in [6.45, 7) is 0.462. The van der Waals surface area contributed by atoms with E-state index >= 15 is 0 Å². The lowest BCUT2D eigenvalue weighted by atomic mass is 10.2. The molecule has 2 aromatic rings. The van der Waals surface area contributed by atoms with Crippen LogP contribution in [-0.2, 0) is 11.3 Å². The van der Waals surface area contributed by atoms with Gasteiger partial charge in [-0.05, 0) is 6.07 Å². The summed E-state index contributed by atoms with van der Waals surface area (Å²) in [5.41, 5.74) is 1.39. The molecule has 1 aromatic heterocycles. The van der Waals surface area contributed by atoms with Gasteiger partial charge < -0.3 is 15.0 Å². The molecule has 94 valence electrons. The number of hydrogen-bond donors (Lipinski definition) is 2. The molecule has 0 amide bonds. The van der Waals surface area contributed by atoms with Crippen molar-refractivity contribution in [2.45, 2.75) is 6.61 Å². The highest BCUT2D eigenvalue weighted by atomic mass is 35.5. The van der Waals surface area contributed by atoms with Crippen LogP contribution in [-0.4, -0.2) is 17.1 Å². The third-order valence-corrected chi connectivity index (χ3v) is 2.72.